The maximum absolute atomic E-state index is 15.4. The molecule has 1 saturated heterocycles. The van der Waals surface area contributed by atoms with E-state index in [1.807, 2.05) is 0 Å². The van der Waals surface area contributed by atoms with Crippen molar-refractivity contribution in [2.45, 2.75) is 50.6 Å². The van der Waals surface area contributed by atoms with Gasteiger partial charge in [0.1, 0.15) is 5.82 Å². The minimum atomic E-state index is -4.98. The zero-order valence-corrected chi connectivity index (χ0v) is 18.1. The Hall–Kier alpha value is -2.48. The number of hydrogen-bond acceptors (Lipinski definition) is 2. The average molecular weight is 470 g/mol. The first-order valence-corrected chi connectivity index (χ1v) is 10.9. The van der Waals surface area contributed by atoms with Gasteiger partial charge in [0.25, 0.3) is 0 Å². The largest absolute Gasteiger partial charge is 0.491 e. The van der Waals surface area contributed by atoms with Crippen molar-refractivity contribution in [1.29, 1.82) is 0 Å². The monoisotopic (exact) mass is 470 g/mol. The SMILES string of the molecule is C=CCCC1CCC(c2ccc3c(c2F)C(F)(F)C(F)(F)c2c-3ccc(OCC)c2F)OC1. The fourth-order valence-corrected chi connectivity index (χ4v) is 4.67. The van der Waals surface area contributed by atoms with Crippen molar-refractivity contribution in [2.75, 3.05) is 13.2 Å². The third-order valence-electron chi connectivity index (χ3n) is 6.39. The van der Waals surface area contributed by atoms with Crippen molar-refractivity contribution in [3.05, 3.63) is 65.2 Å². The first-order chi connectivity index (χ1) is 15.6. The molecule has 0 radical (unpaired) electrons. The molecule has 2 nitrogen and oxygen atoms in total. The maximum Gasteiger partial charge on any atom is 0.343 e. The molecule has 2 atom stereocenters. The van der Waals surface area contributed by atoms with E-state index in [2.05, 4.69) is 6.58 Å². The van der Waals surface area contributed by atoms with Gasteiger partial charge in [0.15, 0.2) is 11.6 Å². The summed E-state index contributed by atoms with van der Waals surface area (Å²) >= 11 is 0. The maximum atomic E-state index is 15.4. The summed E-state index contributed by atoms with van der Waals surface area (Å²) in [7, 11) is 0. The van der Waals surface area contributed by atoms with Crippen molar-refractivity contribution < 1.29 is 35.8 Å². The Balaban J connectivity index is 1.78. The Kier molecular flexibility index (Phi) is 6.24. The summed E-state index contributed by atoms with van der Waals surface area (Å²) in [5.41, 5.74) is -4.07. The van der Waals surface area contributed by atoms with Gasteiger partial charge in [-0.3, -0.25) is 0 Å². The topological polar surface area (TPSA) is 18.5 Å². The Bertz CT molecular complexity index is 1060. The molecule has 0 bridgehead atoms. The molecule has 4 rings (SSSR count). The van der Waals surface area contributed by atoms with Gasteiger partial charge >= 0.3 is 11.8 Å². The molecule has 33 heavy (non-hydrogen) atoms. The highest BCUT2D eigenvalue weighted by Gasteiger charge is 2.65. The first kappa shape index (κ1) is 23.7. The van der Waals surface area contributed by atoms with Crippen molar-refractivity contribution in [3.63, 3.8) is 0 Å². The van der Waals surface area contributed by atoms with Crippen LogP contribution in [0.25, 0.3) is 11.1 Å². The van der Waals surface area contributed by atoms with Gasteiger partial charge in [-0.15, -0.1) is 6.58 Å². The third-order valence-corrected chi connectivity index (χ3v) is 6.39. The summed E-state index contributed by atoms with van der Waals surface area (Å²) in [6.45, 7) is 5.45. The van der Waals surface area contributed by atoms with Gasteiger partial charge in [-0.05, 0) is 61.8 Å². The summed E-state index contributed by atoms with van der Waals surface area (Å²) in [5.74, 6) is -13.3. The van der Waals surface area contributed by atoms with Gasteiger partial charge < -0.3 is 9.47 Å². The Morgan fingerprint density at radius 2 is 1.64 bits per heavy atom. The van der Waals surface area contributed by atoms with Gasteiger partial charge in [0.2, 0.25) is 0 Å². The summed E-state index contributed by atoms with van der Waals surface area (Å²) in [4.78, 5) is 0. The number of fused-ring (bicyclic) bond motifs is 3. The Labute approximate surface area is 188 Å². The summed E-state index contributed by atoms with van der Waals surface area (Å²) in [5, 5.41) is 0. The number of benzene rings is 2. The van der Waals surface area contributed by atoms with Crippen LogP contribution in [0, 0.1) is 17.6 Å². The lowest BCUT2D eigenvalue weighted by Crippen LogP contribution is -2.41. The lowest BCUT2D eigenvalue weighted by atomic mass is 9.78. The minimum absolute atomic E-state index is 0.0396. The predicted octanol–water partition coefficient (Wildman–Crippen LogP) is 7.66. The number of alkyl halides is 4. The molecule has 2 aliphatic rings. The van der Waals surface area contributed by atoms with E-state index in [-0.39, 0.29) is 18.1 Å². The van der Waals surface area contributed by atoms with Gasteiger partial charge in [0.05, 0.1) is 30.4 Å². The fraction of sp³-hybridized carbons (Fsp3) is 0.440. The zero-order valence-electron chi connectivity index (χ0n) is 18.1. The molecule has 1 fully saturated rings. The number of rotatable bonds is 6. The van der Waals surface area contributed by atoms with E-state index in [1.54, 1.807) is 6.08 Å². The second-order valence-corrected chi connectivity index (χ2v) is 8.40. The average Bonchev–Trinajstić information content (AvgIpc) is 2.78. The molecule has 0 N–H and O–H groups in total. The third kappa shape index (κ3) is 3.72. The van der Waals surface area contributed by atoms with Crippen LogP contribution in [0.15, 0.2) is 36.9 Å². The number of halogens is 6. The van der Waals surface area contributed by atoms with E-state index < -0.39 is 57.6 Å². The predicted molar refractivity (Wildman–Crippen MR) is 112 cm³/mol. The fourth-order valence-electron chi connectivity index (χ4n) is 4.67. The van der Waals surface area contributed by atoms with Gasteiger partial charge in [-0.25, -0.2) is 8.78 Å². The van der Waals surface area contributed by atoms with Crippen LogP contribution >= 0.6 is 0 Å². The van der Waals surface area contributed by atoms with Gasteiger partial charge in [-0.1, -0.05) is 18.2 Å². The quantitative estimate of drug-likeness (QED) is 0.319. The minimum Gasteiger partial charge on any atom is -0.491 e. The lowest BCUT2D eigenvalue weighted by Gasteiger charge is -2.36. The van der Waals surface area contributed by atoms with Crippen LogP contribution in [0.1, 0.15) is 55.4 Å². The zero-order chi connectivity index (χ0) is 24.0. The molecule has 1 aliphatic heterocycles. The highest BCUT2D eigenvalue weighted by molar-refractivity contribution is 5.77. The van der Waals surface area contributed by atoms with E-state index >= 15 is 22.0 Å². The van der Waals surface area contributed by atoms with Gasteiger partial charge in [0, 0.05) is 5.56 Å². The van der Waals surface area contributed by atoms with Crippen LogP contribution in [0.2, 0.25) is 0 Å². The molecule has 2 aromatic rings. The second kappa shape index (κ2) is 8.70. The Morgan fingerprint density at radius 1 is 1.00 bits per heavy atom. The molecule has 2 unspecified atom stereocenters. The lowest BCUT2D eigenvalue weighted by molar-refractivity contribution is -0.228. The molecule has 2 aromatic carbocycles. The molecule has 0 aromatic heterocycles. The van der Waals surface area contributed by atoms with E-state index in [9.17, 15) is 4.39 Å². The molecule has 0 amide bonds. The van der Waals surface area contributed by atoms with Crippen LogP contribution in [0.4, 0.5) is 26.3 Å². The molecule has 0 spiro atoms. The van der Waals surface area contributed by atoms with Crippen molar-refractivity contribution in [2.24, 2.45) is 5.92 Å². The second-order valence-electron chi connectivity index (χ2n) is 8.40. The highest BCUT2D eigenvalue weighted by atomic mass is 19.3. The Morgan fingerprint density at radius 3 is 2.21 bits per heavy atom. The standard InChI is InChI=1S/C25H24F6O2/c1-3-5-6-14-7-11-18(33-13-14)17-9-8-15-16-10-12-19(32-4-2)23(27)21(16)25(30,31)24(28,29)20(15)22(17)26/h3,8-10,12,14,18H,1,4-7,11,13H2,2H3. The summed E-state index contributed by atoms with van der Waals surface area (Å²) < 4.78 is 101. The molecule has 1 aliphatic carbocycles. The van der Waals surface area contributed by atoms with E-state index in [0.29, 0.717) is 19.4 Å². The van der Waals surface area contributed by atoms with Crippen molar-refractivity contribution in [3.8, 4) is 16.9 Å². The number of ether oxygens (including phenoxy) is 2. The normalized spacial score (nSPS) is 22.9. The molecule has 1 heterocycles. The smallest absolute Gasteiger partial charge is 0.343 e. The molecule has 0 saturated carbocycles. The van der Waals surface area contributed by atoms with Crippen LogP contribution in [-0.2, 0) is 16.6 Å². The van der Waals surface area contributed by atoms with Crippen LogP contribution in [0.3, 0.4) is 0 Å². The summed E-state index contributed by atoms with van der Waals surface area (Å²) in [6, 6.07) is 4.55. The van der Waals surface area contributed by atoms with Crippen LogP contribution in [-0.4, -0.2) is 13.2 Å². The van der Waals surface area contributed by atoms with E-state index in [0.717, 1.165) is 31.0 Å². The van der Waals surface area contributed by atoms with Crippen molar-refractivity contribution in [1.82, 2.24) is 0 Å². The molecule has 178 valence electrons. The van der Waals surface area contributed by atoms with Crippen LogP contribution < -0.4 is 4.74 Å². The molecule has 8 heteroatoms. The highest BCUT2D eigenvalue weighted by Crippen LogP contribution is 2.60. The first-order valence-electron chi connectivity index (χ1n) is 10.9. The van der Waals surface area contributed by atoms with E-state index in [1.165, 1.54) is 13.0 Å². The summed E-state index contributed by atoms with van der Waals surface area (Å²) in [6.07, 6.45) is 3.68. The van der Waals surface area contributed by atoms with Gasteiger partial charge in [-0.2, -0.15) is 17.6 Å². The number of hydrogen-bond donors (Lipinski definition) is 0. The van der Waals surface area contributed by atoms with Crippen LogP contribution in [0.5, 0.6) is 5.75 Å². The van der Waals surface area contributed by atoms with E-state index in [4.69, 9.17) is 9.47 Å². The number of allylic oxidation sites excluding steroid dienone is 1. The van der Waals surface area contributed by atoms with Crippen molar-refractivity contribution >= 4 is 0 Å². The molecular formula is C25H24F6O2. The molecular weight excluding hydrogens is 446 g/mol.